The standard InChI is InChI=1S/C14H17N3OS/c1-8-9(6-11(18-8)14(2,3)4)12-10(7-15)13(19-5)17-16-12/h6H,1-5H3,(H,16,17). The monoisotopic (exact) mass is 275 g/mol. The van der Waals surface area contributed by atoms with Gasteiger partial charge >= 0.3 is 0 Å². The van der Waals surface area contributed by atoms with Crippen molar-refractivity contribution in [2.75, 3.05) is 6.26 Å². The van der Waals surface area contributed by atoms with Crippen molar-refractivity contribution in [1.29, 1.82) is 5.26 Å². The van der Waals surface area contributed by atoms with Gasteiger partial charge in [0.05, 0.1) is 5.69 Å². The number of thioether (sulfide) groups is 1. The first-order valence-corrected chi connectivity index (χ1v) is 7.24. The van der Waals surface area contributed by atoms with E-state index in [1.54, 1.807) is 0 Å². The van der Waals surface area contributed by atoms with Crippen molar-refractivity contribution >= 4 is 11.8 Å². The largest absolute Gasteiger partial charge is 0.465 e. The van der Waals surface area contributed by atoms with Crippen LogP contribution in [0.1, 0.15) is 37.9 Å². The highest BCUT2D eigenvalue weighted by Gasteiger charge is 2.23. The maximum Gasteiger partial charge on any atom is 0.136 e. The van der Waals surface area contributed by atoms with E-state index in [0.717, 1.165) is 27.8 Å². The van der Waals surface area contributed by atoms with Gasteiger partial charge in [-0.3, -0.25) is 5.10 Å². The predicted molar refractivity (Wildman–Crippen MR) is 76.2 cm³/mol. The molecule has 0 unspecified atom stereocenters. The van der Waals surface area contributed by atoms with Gasteiger partial charge < -0.3 is 4.42 Å². The van der Waals surface area contributed by atoms with Crippen molar-refractivity contribution in [2.24, 2.45) is 0 Å². The number of rotatable bonds is 2. The van der Waals surface area contributed by atoms with Crippen LogP contribution in [0.2, 0.25) is 0 Å². The lowest BCUT2D eigenvalue weighted by Crippen LogP contribution is -2.09. The molecule has 2 heterocycles. The van der Waals surface area contributed by atoms with E-state index >= 15 is 0 Å². The van der Waals surface area contributed by atoms with Crippen LogP contribution < -0.4 is 0 Å². The normalized spacial score (nSPS) is 11.6. The average molecular weight is 275 g/mol. The predicted octanol–water partition coefficient (Wildman–Crippen LogP) is 3.87. The molecule has 0 amide bonds. The molecule has 0 saturated heterocycles. The summed E-state index contributed by atoms with van der Waals surface area (Å²) in [7, 11) is 0. The summed E-state index contributed by atoms with van der Waals surface area (Å²) < 4.78 is 5.81. The van der Waals surface area contributed by atoms with E-state index in [4.69, 9.17) is 4.42 Å². The van der Waals surface area contributed by atoms with E-state index in [-0.39, 0.29) is 5.41 Å². The molecule has 2 aromatic heterocycles. The fourth-order valence-corrected chi connectivity index (χ4v) is 2.36. The Balaban J connectivity index is 2.58. The molecule has 2 rings (SSSR count). The van der Waals surface area contributed by atoms with Gasteiger partial charge in [-0.05, 0) is 19.2 Å². The second-order valence-corrected chi connectivity index (χ2v) is 6.22. The maximum absolute atomic E-state index is 9.28. The Bertz CT molecular complexity index is 641. The zero-order valence-corrected chi connectivity index (χ0v) is 12.6. The smallest absolute Gasteiger partial charge is 0.136 e. The minimum Gasteiger partial charge on any atom is -0.465 e. The molecule has 19 heavy (non-hydrogen) atoms. The lowest BCUT2D eigenvalue weighted by molar-refractivity contribution is 0.396. The molecule has 2 aromatic rings. The number of aromatic amines is 1. The number of aromatic nitrogens is 2. The number of furan rings is 1. The van der Waals surface area contributed by atoms with Crippen LogP contribution in [0.25, 0.3) is 11.3 Å². The van der Waals surface area contributed by atoms with Crippen molar-refractivity contribution in [2.45, 2.75) is 38.1 Å². The summed E-state index contributed by atoms with van der Waals surface area (Å²) in [6, 6.07) is 4.21. The van der Waals surface area contributed by atoms with E-state index in [9.17, 15) is 5.26 Å². The lowest BCUT2D eigenvalue weighted by Gasteiger charge is -2.13. The van der Waals surface area contributed by atoms with Gasteiger partial charge in [0, 0.05) is 11.0 Å². The van der Waals surface area contributed by atoms with Gasteiger partial charge in [-0.2, -0.15) is 10.4 Å². The number of nitriles is 1. The highest BCUT2D eigenvalue weighted by Crippen LogP contribution is 2.35. The summed E-state index contributed by atoms with van der Waals surface area (Å²) in [4.78, 5) is 0. The Morgan fingerprint density at radius 2 is 2.11 bits per heavy atom. The Labute approximate surface area is 117 Å². The fraction of sp³-hybridized carbons (Fsp3) is 0.429. The summed E-state index contributed by atoms with van der Waals surface area (Å²) in [6.07, 6.45) is 1.91. The third kappa shape index (κ3) is 2.41. The van der Waals surface area contributed by atoms with Crippen molar-refractivity contribution in [3.8, 4) is 17.3 Å². The van der Waals surface area contributed by atoms with Gasteiger partial charge in [-0.15, -0.1) is 11.8 Å². The molecule has 0 atom stereocenters. The van der Waals surface area contributed by atoms with E-state index in [1.165, 1.54) is 11.8 Å². The molecule has 100 valence electrons. The van der Waals surface area contributed by atoms with E-state index in [1.807, 2.05) is 19.2 Å². The summed E-state index contributed by atoms with van der Waals surface area (Å²) in [6.45, 7) is 8.20. The highest BCUT2D eigenvalue weighted by atomic mass is 32.2. The van der Waals surface area contributed by atoms with E-state index in [0.29, 0.717) is 5.56 Å². The first-order chi connectivity index (χ1) is 8.88. The maximum atomic E-state index is 9.28. The van der Waals surface area contributed by atoms with Crippen molar-refractivity contribution in [1.82, 2.24) is 10.2 Å². The first-order valence-electron chi connectivity index (χ1n) is 6.02. The molecular formula is C14H17N3OS. The Morgan fingerprint density at radius 1 is 1.42 bits per heavy atom. The average Bonchev–Trinajstić information content (AvgIpc) is 2.90. The van der Waals surface area contributed by atoms with Crippen LogP contribution in [-0.4, -0.2) is 16.5 Å². The van der Waals surface area contributed by atoms with Crippen LogP contribution in [-0.2, 0) is 5.41 Å². The molecule has 0 aliphatic rings. The van der Waals surface area contributed by atoms with Crippen LogP contribution in [0.5, 0.6) is 0 Å². The van der Waals surface area contributed by atoms with Gasteiger partial charge in [0.1, 0.15) is 28.2 Å². The zero-order valence-electron chi connectivity index (χ0n) is 11.8. The molecule has 0 bridgehead atoms. The molecule has 4 nitrogen and oxygen atoms in total. The first kappa shape index (κ1) is 13.8. The quantitative estimate of drug-likeness (QED) is 0.845. The van der Waals surface area contributed by atoms with Gasteiger partial charge in [-0.1, -0.05) is 20.8 Å². The fourth-order valence-electron chi connectivity index (χ4n) is 1.87. The molecular weight excluding hydrogens is 258 g/mol. The molecule has 0 aliphatic carbocycles. The van der Waals surface area contributed by atoms with Gasteiger partial charge in [-0.25, -0.2) is 0 Å². The minimum atomic E-state index is -0.0574. The molecule has 5 heteroatoms. The minimum absolute atomic E-state index is 0.0574. The summed E-state index contributed by atoms with van der Waals surface area (Å²) in [5.41, 5.74) is 2.17. The highest BCUT2D eigenvalue weighted by molar-refractivity contribution is 7.98. The van der Waals surface area contributed by atoms with Gasteiger partial charge in [0.2, 0.25) is 0 Å². The number of nitrogens with one attached hydrogen (secondary N) is 1. The molecule has 1 N–H and O–H groups in total. The number of H-pyrrole nitrogens is 1. The SMILES string of the molecule is CSc1n[nH]c(-c2cc(C(C)(C)C)oc2C)c1C#N. The molecule has 0 aromatic carbocycles. The summed E-state index contributed by atoms with van der Waals surface area (Å²) >= 11 is 1.46. The Morgan fingerprint density at radius 3 is 2.58 bits per heavy atom. The van der Waals surface area contributed by atoms with Gasteiger partial charge in [0.15, 0.2) is 0 Å². The lowest BCUT2D eigenvalue weighted by atomic mass is 9.93. The number of aryl methyl sites for hydroxylation is 1. The van der Waals surface area contributed by atoms with Crippen molar-refractivity contribution < 1.29 is 4.42 Å². The van der Waals surface area contributed by atoms with Crippen LogP contribution in [0.4, 0.5) is 0 Å². The van der Waals surface area contributed by atoms with Crippen LogP contribution in [0, 0.1) is 18.3 Å². The third-order valence-corrected chi connectivity index (χ3v) is 3.65. The second kappa shape index (κ2) is 4.78. The summed E-state index contributed by atoms with van der Waals surface area (Å²) in [5, 5.41) is 17.1. The van der Waals surface area contributed by atoms with Crippen LogP contribution in [0.3, 0.4) is 0 Å². The van der Waals surface area contributed by atoms with Crippen molar-refractivity contribution in [3.05, 3.63) is 23.2 Å². The topological polar surface area (TPSA) is 65.6 Å². The Hall–Kier alpha value is -1.67. The second-order valence-electron chi connectivity index (χ2n) is 5.43. The van der Waals surface area contributed by atoms with E-state index in [2.05, 4.69) is 37.0 Å². The summed E-state index contributed by atoms with van der Waals surface area (Å²) in [5.74, 6) is 1.71. The van der Waals surface area contributed by atoms with Crippen LogP contribution >= 0.6 is 11.8 Å². The molecule has 0 spiro atoms. The number of hydrogen-bond acceptors (Lipinski definition) is 4. The molecule has 0 saturated carbocycles. The molecule has 0 fully saturated rings. The third-order valence-electron chi connectivity index (χ3n) is 2.96. The number of hydrogen-bond donors (Lipinski definition) is 1. The molecule has 0 radical (unpaired) electrons. The Kier molecular flexibility index (Phi) is 3.46. The zero-order chi connectivity index (χ0) is 14.2. The number of nitrogens with zero attached hydrogens (tertiary/aromatic N) is 2. The molecule has 0 aliphatic heterocycles. The van der Waals surface area contributed by atoms with Gasteiger partial charge in [0.25, 0.3) is 0 Å². The van der Waals surface area contributed by atoms with Crippen molar-refractivity contribution in [3.63, 3.8) is 0 Å². The van der Waals surface area contributed by atoms with Crippen LogP contribution in [0.15, 0.2) is 15.5 Å². The van der Waals surface area contributed by atoms with E-state index < -0.39 is 0 Å².